The molecule has 4 aromatic heterocycles. The van der Waals surface area contributed by atoms with Crippen molar-refractivity contribution in [2.24, 2.45) is 21.1 Å². The van der Waals surface area contributed by atoms with Crippen molar-refractivity contribution in [1.82, 2.24) is 18.7 Å². The Kier molecular flexibility index (Phi) is 23.7. The molecule has 21 nitrogen and oxygen atoms in total. The summed E-state index contributed by atoms with van der Waals surface area (Å²) in [6.45, 7) is 12.1. The van der Waals surface area contributed by atoms with Crippen molar-refractivity contribution in [2.75, 3.05) is 14.2 Å². The van der Waals surface area contributed by atoms with Crippen LogP contribution in [0.5, 0.6) is 11.5 Å². The lowest BCUT2D eigenvalue weighted by Gasteiger charge is -2.02. The van der Waals surface area contributed by atoms with E-state index < -0.39 is 45.4 Å². The number of Topliss-reactive ketones (excluding diaryl/α,β-unsaturated/α-hetero) is 2. The van der Waals surface area contributed by atoms with Gasteiger partial charge in [-0.05, 0) is 27.7 Å². The van der Waals surface area contributed by atoms with Gasteiger partial charge in [-0.3, -0.25) is 48.7 Å². The summed E-state index contributed by atoms with van der Waals surface area (Å²) in [5.74, 6) is -2.67. The Balaban J connectivity index is 0. The summed E-state index contributed by atoms with van der Waals surface area (Å²) in [6.07, 6.45) is 5.22. The third-order valence-electron chi connectivity index (χ3n) is 7.15. The van der Waals surface area contributed by atoms with Crippen molar-refractivity contribution in [3.05, 3.63) is 105 Å². The number of aliphatic hydroxyl groups excluding tert-OH is 1. The number of nitrogens with one attached hydrogen (secondary N) is 1. The van der Waals surface area contributed by atoms with Crippen LogP contribution in [0.4, 0.5) is 5.69 Å². The summed E-state index contributed by atoms with van der Waals surface area (Å²) >= 11 is 0. The van der Waals surface area contributed by atoms with Crippen LogP contribution in [-0.4, -0.2) is 76.7 Å². The van der Waals surface area contributed by atoms with E-state index >= 15 is 0 Å². The topological polar surface area (TPSA) is 303 Å². The van der Waals surface area contributed by atoms with Gasteiger partial charge in [-0.25, -0.2) is 4.79 Å². The molecule has 58 heavy (non-hydrogen) atoms. The molecule has 0 aliphatic heterocycles. The largest absolute Gasteiger partial charge is 0.515 e. The molecule has 0 spiro atoms. The molecular weight excluding hydrogens is 770 g/mol. The van der Waals surface area contributed by atoms with E-state index in [4.69, 9.17) is 14.6 Å². The van der Waals surface area contributed by atoms with Crippen LogP contribution in [0.25, 0.3) is 11.1 Å². The van der Waals surface area contributed by atoms with Crippen LogP contribution in [0.1, 0.15) is 63.6 Å². The number of carbonyl (C=O) groups excluding carboxylic acids is 4. The average Bonchev–Trinajstić information content (AvgIpc) is 3.59. The van der Waals surface area contributed by atoms with E-state index in [1.54, 1.807) is 47.3 Å². The fourth-order valence-corrected chi connectivity index (χ4v) is 3.90. The summed E-state index contributed by atoms with van der Waals surface area (Å²) in [5, 5.41) is 37.0. The number of nitrogens with zero attached hydrogens (tertiary/aromatic N) is 4. The van der Waals surface area contributed by atoms with E-state index in [-0.39, 0.29) is 46.6 Å². The molecule has 4 aromatic rings. The van der Waals surface area contributed by atoms with Crippen molar-refractivity contribution in [3.8, 4) is 11.5 Å². The number of aryl methyl sites for hydroxylation is 6. The van der Waals surface area contributed by atoms with Gasteiger partial charge >= 0.3 is 28.9 Å². The number of nitro groups is 1. The van der Waals surface area contributed by atoms with Gasteiger partial charge in [0.05, 0.1) is 25.4 Å². The third kappa shape index (κ3) is 17.2. The Morgan fingerprint density at radius 3 is 1.79 bits per heavy atom. The van der Waals surface area contributed by atoms with Crippen LogP contribution < -0.4 is 22.4 Å². The number of oxazole rings is 1. The highest BCUT2D eigenvalue weighted by Gasteiger charge is 2.22. The predicted octanol–water partition coefficient (Wildman–Crippen LogP) is 2.97. The number of H-pyrrole nitrogens is 1. The lowest BCUT2D eigenvalue weighted by molar-refractivity contribution is -0.387. The van der Waals surface area contributed by atoms with Gasteiger partial charge in [-0.1, -0.05) is 20.8 Å². The zero-order chi connectivity index (χ0) is 45.6. The number of carbonyl (C=O) groups is 4. The van der Waals surface area contributed by atoms with Crippen LogP contribution in [-0.2, 0) is 49.8 Å². The number of pyridine rings is 3. The van der Waals surface area contributed by atoms with Gasteiger partial charge in [0.1, 0.15) is 24.4 Å². The van der Waals surface area contributed by atoms with Gasteiger partial charge in [0, 0.05) is 74.5 Å². The lowest BCUT2D eigenvalue weighted by atomic mass is 10.1. The van der Waals surface area contributed by atoms with Gasteiger partial charge in [-0.15, -0.1) is 0 Å². The summed E-state index contributed by atoms with van der Waals surface area (Å²) in [5.41, 5.74) is 0.451. The number of ketones is 2. The van der Waals surface area contributed by atoms with Crippen LogP contribution >= 0.6 is 0 Å². The molecule has 0 saturated carbocycles. The summed E-state index contributed by atoms with van der Waals surface area (Å²) in [7, 11) is 7.13. The quantitative estimate of drug-likeness (QED) is 0.0520. The summed E-state index contributed by atoms with van der Waals surface area (Å²) in [6, 6.07) is 1.20. The number of ether oxygens (including phenoxy) is 2. The van der Waals surface area contributed by atoms with E-state index in [2.05, 4.69) is 14.5 Å². The minimum Gasteiger partial charge on any atom is -0.515 e. The molecule has 0 aromatic carbocycles. The highest BCUT2D eigenvalue weighted by molar-refractivity contribution is 6.04. The molecule has 4 heterocycles. The number of allylic oxidation sites excluding steroid dienone is 1. The molecule has 0 bridgehead atoms. The molecule has 0 fully saturated rings. The second kappa shape index (κ2) is 25.9. The first-order valence-electron chi connectivity index (χ1n) is 17.1. The number of aromatic nitrogens is 4. The van der Waals surface area contributed by atoms with Gasteiger partial charge < -0.3 is 42.9 Å². The lowest BCUT2D eigenvalue weighted by Crippen LogP contribution is -2.19. The van der Waals surface area contributed by atoms with Crippen LogP contribution in [0.15, 0.2) is 60.1 Å². The van der Waals surface area contributed by atoms with Crippen LogP contribution in [0.3, 0.4) is 0 Å². The SMILES string of the molecule is CC.CCC(=O)CC(=O)OC.COC(=O)CC(=O)/C(C)=C\O.Cc1cn(C)c(=O)c([N+](=O)[O-])c1O.Cc1cn(C)c(=O)c2[nH]c(=O)oc12.Cc1cn(C)c(=O)cc1O. The molecule has 0 atom stereocenters. The fourth-order valence-electron chi connectivity index (χ4n) is 3.90. The van der Waals surface area contributed by atoms with Crippen molar-refractivity contribution in [1.29, 1.82) is 0 Å². The zero-order valence-electron chi connectivity index (χ0n) is 34.4. The number of esters is 2. The van der Waals surface area contributed by atoms with E-state index in [0.717, 1.165) is 10.1 Å². The number of methoxy groups -OCH3 is 2. The molecule has 320 valence electrons. The second-order valence-electron chi connectivity index (χ2n) is 11.6. The van der Waals surface area contributed by atoms with Gasteiger partial charge in [0.25, 0.3) is 11.1 Å². The van der Waals surface area contributed by atoms with E-state index in [1.165, 1.54) is 56.5 Å². The molecule has 21 heteroatoms. The Labute approximate surface area is 331 Å². The monoisotopic (exact) mass is 821 g/mol. The van der Waals surface area contributed by atoms with Crippen molar-refractivity contribution in [2.45, 2.75) is 67.7 Å². The molecule has 0 amide bonds. The Morgan fingerprint density at radius 2 is 1.33 bits per heavy atom. The van der Waals surface area contributed by atoms with Crippen molar-refractivity contribution < 1.29 is 53.3 Å². The van der Waals surface area contributed by atoms with Gasteiger partial charge in [-0.2, -0.15) is 0 Å². The standard InChI is InChI=1S/C8H8N2O3.C7H8N2O4.C7H9NO2.C7H10O4.C6H10O3.C2H6/c1-4-3-10(2)7(11)5-6(4)13-8(12)9-5;1-4-3-8(2)7(11)5(6(4)10)9(12)13;1-5-4-8(2)7(10)3-6(5)9;1-5(4-8)6(9)3-7(10)11-2;1-3-5(7)4-6(8)9-2;1-2/h3H,1-2H3,(H,9,12);3,10H,1-2H3;3-4,9H,1-2H3;4,8H,3H2,1-2H3;3-4H2,1-2H3;1-2H3/b;;;5-4-;;. The number of fused-ring (bicyclic) bond motifs is 1. The van der Waals surface area contributed by atoms with Crippen molar-refractivity contribution >= 4 is 40.3 Å². The summed E-state index contributed by atoms with van der Waals surface area (Å²) in [4.78, 5) is 98.2. The maximum Gasteiger partial charge on any atom is 0.417 e. The van der Waals surface area contributed by atoms with E-state index in [0.29, 0.717) is 29.4 Å². The zero-order valence-corrected chi connectivity index (χ0v) is 34.4. The summed E-state index contributed by atoms with van der Waals surface area (Å²) < 4.78 is 17.2. The van der Waals surface area contributed by atoms with Crippen molar-refractivity contribution in [3.63, 3.8) is 0 Å². The molecule has 0 radical (unpaired) electrons. The molecule has 0 saturated heterocycles. The smallest absolute Gasteiger partial charge is 0.417 e. The minimum absolute atomic E-state index is 0.0584. The number of aromatic amines is 1. The highest BCUT2D eigenvalue weighted by atomic mass is 16.6. The van der Waals surface area contributed by atoms with Gasteiger partial charge in [0.2, 0.25) is 5.75 Å². The Bertz CT molecular complexity index is 2310. The van der Waals surface area contributed by atoms with Gasteiger partial charge in [0.15, 0.2) is 16.9 Å². The fraction of sp³-hybridized carbons (Fsp3) is 0.405. The Morgan fingerprint density at radius 1 is 0.845 bits per heavy atom. The van der Waals surface area contributed by atoms with E-state index in [1.807, 2.05) is 13.8 Å². The van der Waals surface area contributed by atoms with Crippen LogP contribution in [0.2, 0.25) is 0 Å². The molecule has 0 aliphatic carbocycles. The normalized spacial score (nSPS) is 9.90. The number of hydrogen-bond acceptors (Lipinski definition) is 16. The second-order valence-corrected chi connectivity index (χ2v) is 11.6. The third-order valence-corrected chi connectivity index (χ3v) is 7.15. The molecule has 0 aliphatic rings. The number of hydrogen-bond donors (Lipinski definition) is 4. The van der Waals surface area contributed by atoms with Crippen LogP contribution in [0, 0.1) is 30.9 Å². The number of aliphatic hydroxyl groups is 1. The number of aromatic hydroxyl groups is 2. The molecular formula is C37H51N5O16. The first-order valence-corrected chi connectivity index (χ1v) is 17.1. The maximum absolute atomic E-state index is 11.4. The molecule has 0 unspecified atom stereocenters. The first-order chi connectivity index (χ1) is 27.0. The Hall–Kier alpha value is -7.06. The minimum atomic E-state index is -0.884. The number of rotatable bonds is 7. The molecule has 4 N–H and O–H groups in total. The highest BCUT2D eigenvalue weighted by Crippen LogP contribution is 2.24. The van der Waals surface area contributed by atoms with E-state index in [9.17, 15) is 53.6 Å². The molecule has 4 rings (SSSR count). The first kappa shape index (κ1) is 53.0. The average molecular weight is 822 g/mol. The maximum atomic E-state index is 11.4. The predicted molar refractivity (Wildman–Crippen MR) is 211 cm³/mol.